The van der Waals surface area contributed by atoms with Gasteiger partial charge in [0.25, 0.3) is 0 Å². The number of halogens is 1. The number of nitrogens with zero attached hydrogens (tertiary/aromatic N) is 4. The van der Waals surface area contributed by atoms with Crippen LogP contribution in [0.3, 0.4) is 0 Å². The van der Waals surface area contributed by atoms with E-state index in [1.165, 1.54) is 12.1 Å². The van der Waals surface area contributed by atoms with E-state index in [9.17, 15) is 9.50 Å². The molecule has 1 aromatic carbocycles. The molecule has 1 saturated carbocycles. The normalized spacial score (nSPS) is 24.5. The van der Waals surface area contributed by atoms with E-state index >= 15 is 0 Å². The Balaban J connectivity index is 1.60. The van der Waals surface area contributed by atoms with Crippen molar-refractivity contribution in [1.82, 2.24) is 19.4 Å². The van der Waals surface area contributed by atoms with Crippen molar-refractivity contribution in [3.05, 3.63) is 53.9 Å². The molecule has 4 atom stereocenters. The summed E-state index contributed by atoms with van der Waals surface area (Å²) in [6.07, 6.45) is 3.23. The van der Waals surface area contributed by atoms with E-state index in [4.69, 9.17) is 4.74 Å². The zero-order valence-corrected chi connectivity index (χ0v) is 17.2. The average Bonchev–Trinajstić information content (AvgIpc) is 3.21. The number of fused-ring (bicyclic) bond motifs is 1. The zero-order chi connectivity index (χ0) is 20.7. The fraction of sp³-hybridized carbons (Fsp3) is 0.455. The fourth-order valence-corrected chi connectivity index (χ4v) is 4.30. The zero-order valence-electron chi connectivity index (χ0n) is 17.2. The van der Waals surface area contributed by atoms with Gasteiger partial charge in [-0.15, -0.1) is 0 Å². The predicted molar refractivity (Wildman–Crippen MR) is 109 cm³/mol. The number of ether oxygens (including phenoxy) is 1. The maximum atomic E-state index is 13.7. The highest BCUT2D eigenvalue weighted by molar-refractivity contribution is 5.78. The van der Waals surface area contributed by atoms with Crippen LogP contribution in [0.25, 0.3) is 11.0 Å². The molecule has 1 aliphatic rings. The summed E-state index contributed by atoms with van der Waals surface area (Å²) in [5.74, 6) is 0.317. The van der Waals surface area contributed by atoms with Gasteiger partial charge in [-0.1, -0.05) is 6.92 Å². The lowest BCUT2D eigenvalue weighted by atomic mass is 10.0. The Hall–Kier alpha value is -2.51. The minimum Gasteiger partial charge on any atom is -0.487 e. The lowest BCUT2D eigenvalue weighted by Gasteiger charge is -2.22. The molecule has 0 amide bonds. The molecule has 4 rings (SSSR count). The van der Waals surface area contributed by atoms with Gasteiger partial charge in [0.2, 0.25) is 0 Å². The van der Waals surface area contributed by atoms with Crippen LogP contribution in [0.15, 0.2) is 36.8 Å². The van der Waals surface area contributed by atoms with E-state index in [2.05, 4.69) is 14.5 Å². The summed E-state index contributed by atoms with van der Waals surface area (Å²) in [6.45, 7) is 4.56. The number of aliphatic hydroxyl groups excluding tert-OH is 1. The van der Waals surface area contributed by atoms with Crippen LogP contribution in [0.1, 0.15) is 30.6 Å². The molecule has 7 heteroatoms. The van der Waals surface area contributed by atoms with Crippen LogP contribution >= 0.6 is 0 Å². The van der Waals surface area contributed by atoms with Gasteiger partial charge in [-0.2, -0.15) is 0 Å². The first-order valence-corrected chi connectivity index (χ1v) is 9.91. The Bertz CT molecular complexity index is 1020. The van der Waals surface area contributed by atoms with Crippen molar-refractivity contribution in [2.24, 2.45) is 5.92 Å². The standard InChI is InChI=1S/C22H27FN4O2/c1-13-18(27-8-7-17-14(2)24-12-25-22(17)27)10-20(21(13)28)29-19-6-5-16(23)9-15(19)11-26(3)4/h5-9,12-13,18,20-21,28H,10-11H2,1-4H3/t13-,18+,20-,21-/m0/s1. The van der Waals surface area contributed by atoms with E-state index in [1.54, 1.807) is 12.4 Å². The van der Waals surface area contributed by atoms with Gasteiger partial charge in [0.05, 0.1) is 11.8 Å². The van der Waals surface area contributed by atoms with E-state index in [1.807, 2.05) is 45.1 Å². The van der Waals surface area contributed by atoms with Crippen LogP contribution in [0.2, 0.25) is 0 Å². The highest BCUT2D eigenvalue weighted by Gasteiger charge is 2.42. The SMILES string of the molecule is Cc1ncnc2c1ccn2[C@@H]1C[C@H](Oc2ccc(F)cc2CN(C)C)[C@@H](O)[C@H]1C. The van der Waals surface area contributed by atoms with Gasteiger partial charge in [0.15, 0.2) is 0 Å². The molecule has 0 unspecified atom stereocenters. The number of aromatic nitrogens is 3. The second-order valence-corrected chi connectivity index (χ2v) is 8.22. The van der Waals surface area contributed by atoms with Crippen molar-refractivity contribution >= 4 is 11.0 Å². The number of hydrogen-bond donors (Lipinski definition) is 1. The van der Waals surface area contributed by atoms with Gasteiger partial charge >= 0.3 is 0 Å². The second-order valence-electron chi connectivity index (χ2n) is 8.22. The molecule has 1 aliphatic carbocycles. The predicted octanol–water partition coefficient (Wildman–Crippen LogP) is 3.33. The van der Waals surface area contributed by atoms with Gasteiger partial charge in [-0.3, -0.25) is 0 Å². The van der Waals surface area contributed by atoms with E-state index in [-0.39, 0.29) is 23.9 Å². The molecule has 0 aliphatic heterocycles. The number of rotatable bonds is 5. The molecule has 0 bridgehead atoms. The minimum atomic E-state index is -0.627. The third-order valence-corrected chi connectivity index (χ3v) is 5.85. The van der Waals surface area contributed by atoms with Crippen LogP contribution in [0.5, 0.6) is 5.75 Å². The van der Waals surface area contributed by atoms with E-state index < -0.39 is 6.10 Å². The smallest absolute Gasteiger partial charge is 0.143 e. The molecule has 3 aromatic rings. The lowest BCUT2D eigenvalue weighted by molar-refractivity contribution is 0.0371. The van der Waals surface area contributed by atoms with Gasteiger partial charge < -0.3 is 19.3 Å². The van der Waals surface area contributed by atoms with Crippen molar-refractivity contribution in [2.45, 2.75) is 45.1 Å². The van der Waals surface area contributed by atoms with Crippen LogP contribution in [0, 0.1) is 18.7 Å². The summed E-state index contributed by atoms with van der Waals surface area (Å²) >= 11 is 0. The van der Waals surface area contributed by atoms with E-state index in [0.29, 0.717) is 18.7 Å². The average molecular weight is 398 g/mol. The number of aliphatic hydroxyl groups is 1. The molecule has 0 radical (unpaired) electrons. The van der Waals surface area contributed by atoms with E-state index in [0.717, 1.165) is 22.3 Å². The maximum Gasteiger partial charge on any atom is 0.143 e. The van der Waals surface area contributed by atoms with Crippen molar-refractivity contribution in [3.8, 4) is 5.75 Å². The molecule has 1 N–H and O–H groups in total. The van der Waals surface area contributed by atoms with Gasteiger partial charge in [-0.25, -0.2) is 14.4 Å². The lowest BCUT2D eigenvalue weighted by Crippen LogP contribution is -2.30. The topological polar surface area (TPSA) is 63.4 Å². The minimum absolute atomic E-state index is 0.0105. The highest BCUT2D eigenvalue weighted by atomic mass is 19.1. The molecule has 154 valence electrons. The molecule has 1 fully saturated rings. The molecular weight excluding hydrogens is 371 g/mol. The second kappa shape index (κ2) is 7.72. The van der Waals surface area contributed by atoms with Crippen molar-refractivity contribution < 1.29 is 14.2 Å². The summed E-state index contributed by atoms with van der Waals surface area (Å²) in [5.41, 5.74) is 2.58. The van der Waals surface area contributed by atoms with Gasteiger partial charge in [0, 0.05) is 42.1 Å². The fourth-order valence-electron chi connectivity index (χ4n) is 4.30. The molecule has 0 spiro atoms. The van der Waals surface area contributed by atoms with Crippen LogP contribution in [-0.4, -0.2) is 50.8 Å². The van der Waals surface area contributed by atoms with Crippen LogP contribution in [0.4, 0.5) is 4.39 Å². The van der Waals surface area contributed by atoms with Gasteiger partial charge in [-0.05, 0) is 45.3 Å². The molecular formula is C22H27FN4O2. The Labute approximate surface area is 170 Å². The number of hydrogen-bond acceptors (Lipinski definition) is 5. The van der Waals surface area contributed by atoms with Crippen molar-refractivity contribution in [2.75, 3.05) is 14.1 Å². The van der Waals surface area contributed by atoms with Crippen LogP contribution < -0.4 is 4.74 Å². The van der Waals surface area contributed by atoms with Crippen molar-refractivity contribution in [1.29, 1.82) is 0 Å². The quantitative estimate of drug-likeness (QED) is 0.714. The van der Waals surface area contributed by atoms with Crippen LogP contribution in [-0.2, 0) is 6.54 Å². The summed E-state index contributed by atoms with van der Waals surface area (Å²) in [7, 11) is 3.86. The summed E-state index contributed by atoms with van der Waals surface area (Å²) < 4.78 is 22.1. The summed E-state index contributed by atoms with van der Waals surface area (Å²) in [6, 6.07) is 6.62. The Kier molecular flexibility index (Phi) is 5.27. The van der Waals surface area contributed by atoms with Crippen molar-refractivity contribution in [3.63, 3.8) is 0 Å². The number of benzene rings is 1. The Morgan fingerprint density at radius 1 is 1.28 bits per heavy atom. The summed E-state index contributed by atoms with van der Waals surface area (Å²) in [4.78, 5) is 10.7. The Morgan fingerprint density at radius 2 is 2.07 bits per heavy atom. The third-order valence-electron chi connectivity index (χ3n) is 5.85. The third kappa shape index (κ3) is 3.72. The van der Waals surface area contributed by atoms with Gasteiger partial charge in [0.1, 0.15) is 29.6 Å². The maximum absolute atomic E-state index is 13.7. The molecule has 0 saturated heterocycles. The molecule has 6 nitrogen and oxygen atoms in total. The summed E-state index contributed by atoms with van der Waals surface area (Å²) in [5, 5.41) is 11.9. The highest BCUT2D eigenvalue weighted by Crippen LogP contribution is 2.40. The molecule has 29 heavy (non-hydrogen) atoms. The largest absolute Gasteiger partial charge is 0.487 e. The first kappa shape index (κ1) is 19.8. The molecule has 2 heterocycles. The first-order chi connectivity index (χ1) is 13.8. The monoisotopic (exact) mass is 398 g/mol. The number of aryl methyl sites for hydroxylation is 1. The first-order valence-electron chi connectivity index (χ1n) is 9.91. The Morgan fingerprint density at radius 3 is 2.83 bits per heavy atom. The molecule has 2 aromatic heterocycles.